The summed E-state index contributed by atoms with van der Waals surface area (Å²) in [5, 5.41) is 2.93. The average molecular weight is 409 g/mol. The molecule has 0 aliphatic heterocycles. The Hall–Kier alpha value is -2.11. The van der Waals surface area contributed by atoms with Gasteiger partial charge in [0.05, 0.1) is 11.3 Å². The van der Waals surface area contributed by atoms with E-state index in [1.807, 2.05) is 13.8 Å². The number of amides is 1. The summed E-state index contributed by atoms with van der Waals surface area (Å²) >= 11 is 0. The maximum absolute atomic E-state index is 13.0. The first-order valence-corrected chi connectivity index (χ1v) is 10.4. The third kappa shape index (κ3) is 7.02. The van der Waals surface area contributed by atoms with Crippen molar-refractivity contribution in [1.29, 1.82) is 0 Å². The number of hydrogen-bond acceptors (Lipinski definition) is 2. The minimum atomic E-state index is -4.36. The Morgan fingerprint density at radius 3 is 2.52 bits per heavy atom. The largest absolute Gasteiger partial charge is 0.416 e. The molecule has 2 rings (SSSR count). The number of allylic oxidation sites excluding steroid dienone is 1. The highest BCUT2D eigenvalue weighted by Crippen LogP contribution is 2.34. The molecule has 1 N–H and O–H groups in total. The Kier molecular flexibility index (Phi) is 8.47. The van der Waals surface area contributed by atoms with Crippen molar-refractivity contribution in [3.63, 3.8) is 0 Å². The molecular formula is C23H31F3N2O. The van der Waals surface area contributed by atoms with Crippen LogP contribution in [0.5, 0.6) is 0 Å². The normalized spacial score (nSPS) is 21.2. The smallest absolute Gasteiger partial charge is 0.356 e. The van der Waals surface area contributed by atoms with Crippen LogP contribution in [-0.4, -0.2) is 18.2 Å². The summed E-state index contributed by atoms with van der Waals surface area (Å²) in [6, 6.07) is 5.34. The van der Waals surface area contributed by atoms with E-state index < -0.39 is 11.7 Å². The lowest BCUT2D eigenvalue weighted by Gasteiger charge is -2.28. The van der Waals surface area contributed by atoms with E-state index in [-0.39, 0.29) is 5.91 Å². The predicted molar refractivity (Wildman–Crippen MR) is 112 cm³/mol. The van der Waals surface area contributed by atoms with Gasteiger partial charge in [0.25, 0.3) is 0 Å². The van der Waals surface area contributed by atoms with E-state index in [2.05, 4.69) is 10.3 Å². The molecule has 1 amide bonds. The molecular weight excluding hydrogens is 377 g/mol. The van der Waals surface area contributed by atoms with Crippen molar-refractivity contribution >= 4 is 17.3 Å². The molecule has 1 aromatic carbocycles. The Morgan fingerprint density at radius 2 is 1.93 bits per heavy atom. The van der Waals surface area contributed by atoms with Crippen molar-refractivity contribution < 1.29 is 18.0 Å². The van der Waals surface area contributed by atoms with Gasteiger partial charge < -0.3 is 5.32 Å². The molecule has 1 aliphatic carbocycles. The van der Waals surface area contributed by atoms with Crippen LogP contribution in [-0.2, 0) is 11.0 Å². The molecule has 0 aromatic heterocycles. The van der Waals surface area contributed by atoms with E-state index in [9.17, 15) is 18.0 Å². The van der Waals surface area contributed by atoms with Gasteiger partial charge in [0.15, 0.2) is 0 Å². The van der Waals surface area contributed by atoms with Crippen LogP contribution < -0.4 is 5.32 Å². The van der Waals surface area contributed by atoms with Gasteiger partial charge in [-0.3, -0.25) is 9.79 Å². The molecule has 0 spiro atoms. The lowest BCUT2D eigenvalue weighted by Crippen LogP contribution is -2.27. The quantitative estimate of drug-likeness (QED) is 0.532. The number of nitrogens with one attached hydrogen (secondary N) is 1. The monoisotopic (exact) mass is 408 g/mol. The number of benzene rings is 1. The number of alkyl halides is 3. The van der Waals surface area contributed by atoms with Crippen molar-refractivity contribution in [1.82, 2.24) is 5.32 Å². The van der Waals surface area contributed by atoms with Gasteiger partial charge in [-0.2, -0.15) is 13.2 Å². The molecule has 0 atom stereocenters. The van der Waals surface area contributed by atoms with Gasteiger partial charge in [0.1, 0.15) is 0 Å². The van der Waals surface area contributed by atoms with Gasteiger partial charge in [-0.15, -0.1) is 0 Å². The van der Waals surface area contributed by atoms with E-state index in [1.165, 1.54) is 6.07 Å². The minimum Gasteiger partial charge on any atom is -0.356 e. The summed E-state index contributed by atoms with van der Waals surface area (Å²) in [7, 11) is 0. The maximum Gasteiger partial charge on any atom is 0.416 e. The first kappa shape index (κ1) is 23.2. The highest BCUT2D eigenvalue weighted by Gasteiger charge is 2.30. The molecule has 6 heteroatoms. The minimum absolute atomic E-state index is 0.0927. The summed E-state index contributed by atoms with van der Waals surface area (Å²) in [6.45, 7) is 6.35. The van der Waals surface area contributed by atoms with Crippen LogP contribution in [0.15, 0.2) is 35.3 Å². The predicted octanol–water partition coefficient (Wildman–Crippen LogP) is 6.25. The number of hydrogen-bond donors (Lipinski definition) is 1. The van der Waals surface area contributed by atoms with Crippen LogP contribution in [0, 0.1) is 11.8 Å². The number of carbonyl (C=O) groups is 1. The van der Waals surface area contributed by atoms with Gasteiger partial charge in [-0.25, -0.2) is 0 Å². The van der Waals surface area contributed by atoms with E-state index in [0.29, 0.717) is 29.5 Å². The summed E-state index contributed by atoms with van der Waals surface area (Å²) in [4.78, 5) is 16.0. The highest BCUT2D eigenvalue weighted by molar-refractivity contribution is 5.90. The fourth-order valence-corrected chi connectivity index (χ4v) is 3.84. The zero-order valence-electron chi connectivity index (χ0n) is 17.5. The molecule has 0 heterocycles. The van der Waals surface area contributed by atoms with Gasteiger partial charge in [0, 0.05) is 24.2 Å². The SMILES string of the molecule is C/C=C(\N=C(C)C1CCC(CCNC(=O)CC)CC1)c1cccc(C(F)(F)F)c1. The summed E-state index contributed by atoms with van der Waals surface area (Å²) in [6.07, 6.45) is 3.16. The summed E-state index contributed by atoms with van der Waals surface area (Å²) in [5.74, 6) is 1.06. The topological polar surface area (TPSA) is 41.5 Å². The fraction of sp³-hybridized carbons (Fsp3) is 0.565. The fourth-order valence-electron chi connectivity index (χ4n) is 3.84. The third-order valence-corrected chi connectivity index (χ3v) is 5.69. The van der Waals surface area contributed by atoms with Crippen molar-refractivity contribution in [3.05, 3.63) is 41.5 Å². The summed E-state index contributed by atoms with van der Waals surface area (Å²) in [5.41, 5.74) is 1.39. The van der Waals surface area contributed by atoms with Gasteiger partial charge in [-0.05, 0) is 69.9 Å². The maximum atomic E-state index is 13.0. The number of nitrogens with zero attached hydrogens (tertiary/aromatic N) is 1. The third-order valence-electron chi connectivity index (χ3n) is 5.69. The number of halogens is 3. The number of carbonyl (C=O) groups excluding carboxylic acids is 1. The lowest BCUT2D eigenvalue weighted by molar-refractivity contribution is -0.137. The molecule has 1 fully saturated rings. The second kappa shape index (κ2) is 10.6. The zero-order chi connectivity index (χ0) is 21.4. The van der Waals surface area contributed by atoms with E-state index in [4.69, 9.17) is 0 Å². The van der Waals surface area contributed by atoms with Crippen LogP contribution >= 0.6 is 0 Å². The first-order valence-electron chi connectivity index (χ1n) is 10.4. The number of aliphatic imine (C=N–C) groups is 1. The Bertz CT molecular complexity index is 745. The zero-order valence-corrected chi connectivity index (χ0v) is 17.5. The van der Waals surface area contributed by atoms with E-state index in [1.54, 1.807) is 19.1 Å². The molecule has 0 saturated heterocycles. The molecule has 1 aliphatic rings. The Morgan fingerprint density at radius 1 is 1.24 bits per heavy atom. The molecule has 0 radical (unpaired) electrons. The molecule has 3 nitrogen and oxygen atoms in total. The molecule has 0 bridgehead atoms. The highest BCUT2D eigenvalue weighted by atomic mass is 19.4. The van der Waals surface area contributed by atoms with Crippen molar-refractivity contribution in [2.45, 2.75) is 65.5 Å². The first-order chi connectivity index (χ1) is 13.7. The Balaban J connectivity index is 1.96. The van der Waals surface area contributed by atoms with Crippen LogP contribution in [0.3, 0.4) is 0 Å². The van der Waals surface area contributed by atoms with Crippen molar-refractivity contribution in [3.8, 4) is 0 Å². The van der Waals surface area contributed by atoms with Crippen molar-refractivity contribution in [2.75, 3.05) is 6.54 Å². The van der Waals surface area contributed by atoms with E-state index >= 15 is 0 Å². The lowest BCUT2D eigenvalue weighted by atomic mass is 9.78. The van der Waals surface area contributed by atoms with Crippen molar-refractivity contribution in [2.24, 2.45) is 16.8 Å². The summed E-state index contributed by atoms with van der Waals surface area (Å²) < 4.78 is 39.0. The van der Waals surface area contributed by atoms with Gasteiger partial charge in [0.2, 0.25) is 5.91 Å². The van der Waals surface area contributed by atoms with Crippen LogP contribution in [0.25, 0.3) is 5.70 Å². The molecule has 0 unspecified atom stereocenters. The van der Waals surface area contributed by atoms with Crippen LogP contribution in [0.1, 0.15) is 70.4 Å². The second-order valence-corrected chi connectivity index (χ2v) is 7.72. The van der Waals surface area contributed by atoms with E-state index in [0.717, 1.165) is 56.5 Å². The molecule has 29 heavy (non-hydrogen) atoms. The molecule has 1 aromatic rings. The molecule has 160 valence electrons. The van der Waals surface area contributed by atoms with Gasteiger partial charge in [-0.1, -0.05) is 25.1 Å². The second-order valence-electron chi connectivity index (χ2n) is 7.72. The van der Waals surface area contributed by atoms with Crippen LogP contribution in [0.2, 0.25) is 0 Å². The Labute approximate surface area is 171 Å². The molecule has 1 saturated carbocycles. The van der Waals surface area contributed by atoms with Gasteiger partial charge >= 0.3 is 6.18 Å². The van der Waals surface area contributed by atoms with Crippen LogP contribution in [0.4, 0.5) is 13.2 Å². The standard InChI is InChI=1S/C23H31F3N2O/c1-4-21(19-7-6-8-20(15-19)23(24,25)26)28-16(3)18-11-9-17(10-12-18)13-14-27-22(29)5-2/h4,6-8,15,17-18H,5,9-14H2,1-3H3,(H,27,29)/b21-4-,28-16?. The number of rotatable bonds is 7. The average Bonchev–Trinajstić information content (AvgIpc) is 2.71.